The third kappa shape index (κ3) is 6.64. The number of nitrogens with zero attached hydrogens (tertiary/aromatic N) is 2. The summed E-state index contributed by atoms with van der Waals surface area (Å²) in [5.41, 5.74) is 1.67. The average Bonchev–Trinajstić information content (AvgIpc) is 2.92. The highest BCUT2D eigenvalue weighted by molar-refractivity contribution is 8.02. The van der Waals surface area contributed by atoms with Gasteiger partial charge in [-0.05, 0) is 52.3 Å². The van der Waals surface area contributed by atoms with E-state index in [9.17, 15) is 9.59 Å². The van der Waals surface area contributed by atoms with Gasteiger partial charge < -0.3 is 10.6 Å². The van der Waals surface area contributed by atoms with E-state index < -0.39 is 16.8 Å². The van der Waals surface area contributed by atoms with Crippen LogP contribution in [0.5, 0.6) is 0 Å². The van der Waals surface area contributed by atoms with Crippen molar-refractivity contribution >= 4 is 45.9 Å². The molecule has 2 rings (SSSR count). The van der Waals surface area contributed by atoms with Gasteiger partial charge in [-0.3, -0.25) is 10.1 Å². The van der Waals surface area contributed by atoms with Crippen LogP contribution in [0.25, 0.3) is 0 Å². The number of nitrogens with one attached hydrogen (secondary N) is 3. The van der Waals surface area contributed by atoms with E-state index in [4.69, 9.17) is 0 Å². The number of hydrogen-bond acceptors (Lipinski definition) is 7. The van der Waals surface area contributed by atoms with Gasteiger partial charge in [-0.2, -0.15) is 0 Å². The Morgan fingerprint density at radius 3 is 2.62 bits per heavy atom. The number of rotatable bonds is 5. The fourth-order valence-electron chi connectivity index (χ4n) is 1.94. The van der Waals surface area contributed by atoms with Gasteiger partial charge in [0.2, 0.25) is 11.0 Å². The molecule has 0 fully saturated rings. The highest BCUT2D eigenvalue weighted by Crippen LogP contribution is 2.30. The molecular formula is C17H23N5O2S2. The molecule has 1 aromatic carbocycles. The monoisotopic (exact) mass is 393 g/mol. The molecule has 3 amide bonds. The van der Waals surface area contributed by atoms with Crippen LogP contribution in [0, 0.1) is 6.92 Å². The summed E-state index contributed by atoms with van der Waals surface area (Å²) in [5, 5.41) is 16.6. The second-order valence-corrected chi connectivity index (χ2v) is 9.39. The Labute approximate surface area is 161 Å². The molecule has 0 radical (unpaired) electrons. The van der Waals surface area contributed by atoms with Crippen LogP contribution in [0.2, 0.25) is 0 Å². The fourth-order valence-corrected chi connectivity index (χ4v) is 3.86. The summed E-state index contributed by atoms with van der Waals surface area (Å²) in [5.74, 6) is -0.375. The molecule has 0 saturated carbocycles. The van der Waals surface area contributed by atoms with Crippen LogP contribution in [-0.4, -0.2) is 32.9 Å². The third-order valence-electron chi connectivity index (χ3n) is 3.05. The smallest absolute Gasteiger partial charge is 0.321 e. The second kappa shape index (κ2) is 8.50. The van der Waals surface area contributed by atoms with E-state index in [2.05, 4.69) is 26.1 Å². The highest BCUT2D eigenvalue weighted by Gasteiger charge is 2.21. The quantitative estimate of drug-likeness (QED) is 0.671. The topological polar surface area (TPSA) is 96.0 Å². The molecule has 0 aliphatic carbocycles. The minimum atomic E-state index is -0.506. The Balaban J connectivity index is 1.89. The number of thioether (sulfide) groups is 1. The summed E-state index contributed by atoms with van der Waals surface area (Å²) in [6, 6.07) is 7.43. The minimum Gasteiger partial charge on any atom is -0.333 e. The molecule has 0 aliphatic heterocycles. The van der Waals surface area contributed by atoms with Crippen molar-refractivity contribution in [2.24, 2.45) is 0 Å². The highest BCUT2D eigenvalue weighted by atomic mass is 32.2. The number of aryl methyl sites for hydroxylation is 1. The summed E-state index contributed by atoms with van der Waals surface area (Å²) >= 11 is 2.62. The van der Waals surface area contributed by atoms with Crippen LogP contribution in [0.4, 0.5) is 15.6 Å². The van der Waals surface area contributed by atoms with E-state index in [0.717, 1.165) is 11.3 Å². The third-order valence-corrected chi connectivity index (χ3v) is 5.07. The van der Waals surface area contributed by atoms with Crippen molar-refractivity contribution in [1.29, 1.82) is 0 Å². The second-order valence-electron chi connectivity index (χ2n) is 6.82. The molecule has 0 saturated heterocycles. The number of carbonyl (C=O) groups is 2. The van der Waals surface area contributed by atoms with Crippen molar-refractivity contribution in [2.45, 2.75) is 49.7 Å². The molecule has 0 bridgehead atoms. The molecule has 1 aromatic heterocycles. The summed E-state index contributed by atoms with van der Waals surface area (Å²) < 4.78 is 0.652. The SMILES string of the molecule is Cc1cccc(Nc2nnc(S[C@H](C)C(=O)NC(=O)NC(C)(C)C)s2)c1. The lowest BCUT2D eigenvalue weighted by molar-refractivity contribution is -0.119. The molecule has 2 aromatic rings. The number of carbonyl (C=O) groups excluding carboxylic acids is 2. The molecule has 0 unspecified atom stereocenters. The van der Waals surface area contributed by atoms with Gasteiger partial charge in [0.25, 0.3) is 0 Å². The molecule has 7 nitrogen and oxygen atoms in total. The van der Waals surface area contributed by atoms with E-state index in [-0.39, 0.29) is 5.91 Å². The van der Waals surface area contributed by atoms with Crippen molar-refractivity contribution in [3.8, 4) is 0 Å². The zero-order chi connectivity index (χ0) is 19.3. The Morgan fingerprint density at radius 2 is 1.96 bits per heavy atom. The van der Waals surface area contributed by atoms with Crippen molar-refractivity contribution in [2.75, 3.05) is 5.32 Å². The van der Waals surface area contributed by atoms with Crippen LogP contribution < -0.4 is 16.0 Å². The summed E-state index contributed by atoms with van der Waals surface area (Å²) in [7, 11) is 0. The number of amides is 3. The zero-order valence-electron chi connectivity index (χ0n) is 15.4. The average molecular weight is 394 g/mol. The Hall–Kier alpha value is -2.13. The van der Waals surface area contributed by atoms with Crippen LogP contribution in [0.3, 0.4) is 0 Å². The van der Waals surface area contributed by atoms with Crippen LogP contribution >= 0.6 is 23.1 Å². The molecule has 1 atom stereocenters. The molecule has 26 heavy (non-hydrogen) atoms. The molecular weight excluding hydrogens is 370 g/mol. The van der Waals surface area contributed by atoms with Gasteiger partial charge in [0.15, 0.2) is 4.34 Å². The van der Waals surface area contributed by atoms with E-state index in [1.165, 1.54) is 23.1 Å². The molecule has 3 N–H and O–H groups in total. The lowest BCUT2D eigenvalue weighted by Crippen LogP contribution is -2.49. The first-order valence-corrected chi connectivity index (χ1v) is 9.79. The number of hydrogen-bond donors (Lipinski definition) is 3. The maximum atomic E-state index is 12.1. The Bertz CT molecular complexity index is 785. The predicted molar refractivity (Wildman–Crippen MR) is 106 cm³/mol. The number of imide groups is 1. The molecule has 0 spiro atoms. The standard InChI is InChI=1S/C17H23N5O2S2/c1-10-7-6-8-12(9-10)18-15-21-22-16(26-15)25-11(2)13(23)19-14(24)20-17(3,4)5/h6-9,11H,1-5H3,(H,18,21)(H2,19,20,23,24)/t11-/m1/s1. The van der Waals surface area contributed by atoms with Gasteiger partial charge >= 0.3 is 6.03 Å². The lowest BCUT2D eigenvalue weighted by Gasteiger charge is -2.20. The number of benzene rings is 1. The van der Waals surface area contributed by atoms with Gasteiger partial charge in [-0.25, -0.2) is 4.79 Å². The molecule has 0 aliphatic rings. The number of urea groups is 1. The van der Waals surface area contributed by atoms with Crippen molar-refractivity contribution in [3.63, 3.8) is 0 Å². The van der Waals surface area contributed by atoms with Crippen molar-refractivity contribution in [1.82, 2.24) is 20.8 Å². The van der Waals surface area contributed by atoms with E-state index in [0.29, 0.717) is 9.47 Å². The number of anilines is 2. The first kappa shape index (κ1) is 20.2. The largest absolute Gasteiger partial charge is 0.333 e. The van der Waals surface area contributed by atoms with E-state index in [1.54, 1.807) is 6.92 Å². The van der Waals surface area contributed by atoms with Crippen molar-refractivity contribution < 1.29 is 9.59 Å². The maximum Gasteiger partial charge on any atom is 0.321 e. The first-order chi connectivity index (χ1) is 12.1. The molecule has 1 heterocycles. The predicted octanol–water partition coefficient (Wildman–Crippen LogP) is 3.70. The first-order valence-electron chi connectivity index (χ1n) is 8.09. The fraction of sp³-hybridized carbons (Fsp3) is 0.412. The normalized spacial score (nSPS) is 12.3. The van der Waals surface area contributed by atoms with Crippen LogP contribution in [0.15, 0.2) is 28.6 Å². The molecule has 140 valence electrons. The molecule has 9 heteroatoms. The van der Waals surface area contributed by atoms with E-state index in [1.807, 2.05) is 52.0 Å². The Kier molecular flexibility index (Phi) is 6.60. The van der Waals surface area contributed by atoms with Gasteiger partial charge in [0, 0.05) is 11.2 Å². The summed E-state index contributed by atoms with van der Waals surface area (Å²) in [6.45, 7) is 9.28. The number of aromatic nitrogens is 2. The van der Waals surface area contributed by atoms with Gasteiger partial charge in [-0.15, -0.1) is 10.2 Å². The van der Waals surface area contributed by atoms with Gasteiger partial charge in [0.05, 0.1) is 5.25 Å². The van der Waals surface area contributed by atoms with Crippen LogP contribution in [-0.2, 0) is 4.79 Å². The van der Waals surface area contributed by atoms with E-state index >= 15 is 0 Å². The minimum absolute atomic E-state index is 0.375. The summed E-state index contributed by atoms with van der Waals surface area (Å²) in [6.07, 6.45) is 0. The summed E-state index contributed by atoms with van der Waals surface area (Å²) in [4.78, 5) is 23.9. The van der Waals surface area contributed by atoms with Gasteiger partial charge in [0.1, 0.15) is 0 Å². The van der Waals surface area contributed by atoms with Crippen molar-refractivity contribution in [3.05, 3.63) is 29.8 Å². The lowest BCUT2D eigenvalue weighted by atomic mass is 10.1. The Morgan fingerprint density at radius 1 is 1.23 bits per heavy atom. The maximum absolute atomic E-state index is 12.1. The van der Waals surface area contributed by atoms with Gasteiger partial charge in [-0.1, -0.05) is 35.2 Å². The van der Waals surface area contributed by atoms with Crippen LogP contribution in [0.1, 0.15) is 33.3 Å². The zero-order valence-corrected chi connectivity index (χ0v) is 17.0.